The molecule has 2 aromatic rings. The average molecular weight is 306 g/mol. The first-order valence-electron chi connectivity index (χ1n) is 6.45. The molecule has 0 aliphatic rings. The van der Waals surface area contributed by atoms with Crippen LogP contribution < -0.4 is 15.2 Å². The second kappa shape index (κ2) is 6.15. The van der Waals surface area contributed by atoms with Gasteiger partial charge in [0.05, 0.1) is 12.0 Å². The molecule has 5 nitrogen and oxygen atoms in total. The van der Waals surface area contributed by atoms with Crippen molar-refractivity contribution in [1.82, 2.24) is 4.72 Å². The predicted octanol–water partition coefficient (Wildman–Crippen LogP) is 2.32. The third kappa shape index (κ3) is 3.53. The third-order valence-corrected chi connectivity index (χ3v) is 4.64. The van der Waals surface area contributed by atoms with Gasteiger partial charge in [-0.05, 0) is 31.2 Å². The van der Waals surface area contributed by atoms with Gasteiger partial charge >= 0.3 is 0 Å². The van der Waals surface area contributed by atoms with Gasteiger partial charge in [-0.3, -0.25) is 0 Å². The second-order valence-corrected chi connectivity index (χ2v) is 6.37. The minimum atomic E-state index is -3.64. The van der Waals surface area contributed by atoms with Gasteiger partial charge in [-0.15, -0.1) is 0 Å². The molecule has 0 heterocycles. The van der Waals surface area contributed by atoms with Crippen molar-refractivity contribution in [3.63, 3.8) is 0 Å². The lowest BCUT2D eigenvalue weighted by molar-refractivity contribution is 0.405. The highest BCUT2D eigenvalue weighted by molar-refractivity contribution is 7.89. The molecule has 0 saturated carbocycles. The number of hydrogen-bond donors (Lipinski definition) is 2. The number of nitrogen functional groups attached to an aromatic ring is 1. The maximum Gasteiger partial charge on any atom is 0.241 e. The highest BCUT2D eigenvalue weighted by Crippen LogP contribution is 2.26. The summed E-state index contributed by atoms with van der Waals surface area (Å²) in [5.74, 6) is 0.639. The third-order valence-electron chi connectivity index (χ3n) is 3.11. The number of methoxy groups -OCH3 is 1. The van der Waals surface area contributed by atoms with Crippen LogP contribution in [-0.4, -0.2) is 15.5 Å². The summed E-state index contributed by atoms with van der Waals surface area (Å²) >= 11 is 0. The fourth-order valence-corrected chi connectivity index (χ4v) is 3.35. The smallest absolute Gasteiger partial charge is 0.241 e. The van der Waals surface area contributed by atoms with Crippen molar-refractivity contribution >= 4 is 15.7 Å². The topological polar surface area (TPSA) is 81.4 Å². The number of ether oxygens (including phenoxy) is 1. The van der Waals surface area contributed by atoms with Crippen LogP contribution in [0.1, 0.15) is 18.5 Å². The van der Waals surface area contributed by atoms with E-state index in [2.05, 4.69) is 4.72 Å². The van der Waals surface area contributed by atoms with Crippen molar-refractivity contribution in [1.29, 1.82) is 0 Å². The van der Waals surface area contributed by atoms with E-state index < -0.39 is 16.1 Å². The maximum absolute atomic E-state index is 12.4. The first-order valence-corrected chi connectivity index (χ1v) is 7.93. The van der Waals surface area contributed by atoms with Crippen molar-refractivity contribution in [2.45, 2.75) is 17.9 Å². The van der Waals surface area contributed by atoms with Crippen LogP contribution in [0.3, 0.4) is 0 Å². The van der Waals surface area contributed by atoms with Crippen molar-refractivity contribution in [2.24, 2.45) is 0 Å². The van der Waals surface area contributed by atoms with Crippen LogP contribution in [0.4, 0.5) is 5.69 Å². The van der Waals surface area contributed by atoms with Crippen LogP contribution in [0.15, 0.2) is 53.4 Å². The van der Waals surface area contributed by atoms with E-state index in [1.54, 1.807) is 32.2 Å². The summed E-state index contributed by atoms with van der Waals surface area (Å²) < 4.78 is 32.6. The van der Waals surface area contributed by atoms with E-state index in [0.717, 1.165) is 5.56 Å². The van der Waals surface area contributed by atoms with Crippen molar-refractivity contribution in [3.05, 3.63) is 54.1 Å². The lowest BCUT2D eigenvalue weighted by Crippen LogP contribution is -2.27. The Balaban J connectivity index is 2.28. The zero-order valence-electron chi connectivity index (χ0n) is 11.9. The van der Waals surface area contributed by atoms with Gasteiger partial charge in [0, 0.05) is 17.3 Å². The number of anilines is 1. The molecule has 0 radical (unpaired) electrons. The molecule has 0 spiro atoms. The molecule has 2 aromatic carbocycles. The van der Waals surface area contributed by atoms with Gasteiger partial charge < -0.3 is 10.5 Å². The summed E-state index contributed by atoms with van der Waals surface area (Å²) in [6, 6.07) is 13.1. The fraction of sp³-hybridized carbons (Fsp3) is 0.200. The van der Waals surface area contributed by atoms with Crippen molar-refractivity contribution < 1.29 is 13.2 Å². The Hall–Kier alpha value is -2.05. The summed E-state index contributed by atoms with van der Waals surface area (Å²) in [7, 11) is -2.09. The number of sulfonamides is 1. The molecule has 21 heavy (non-hydrogen) atoms. The van der Waals surface area contributed by atoms with Gasteiger partial charge in [0.25, 0.3) is 0 Å². The van der Waals surface area contributed by atoms with E-state index in [1.807, 2.05) is 18.2 Å². The molecule has 1 unspecified atom stereocenters. The normalized spacial score (nSPS) is 12.9. The van der Waals surface area contributed by atoms with Gasteiger partial charge in [0.2, 0.25) is 10.0 Å². The van der Waals surface area contributed by atoms with Crippen molar-refractivity contribution in [2.75, 3.05) is 12.8 Å². The quantitative estimate of drug-likeness (QED) is 0.831. The zero-order chi connectivity index (χ0) is 15.5. The Kier molecular flexibility index (Phi) is 4.50. The standard InChI is InChI=1S/C15H18N2O3S/c1-11(14-8-3-4-9-15(14)20-2)17-21(18,19)13-7-5-6-12(16)10-13/h3-11,17H,16H2,1-2H3. The lowest BCUT2D eigenvalue weighted by atomic mass is 10.1. The number of nitrogens with two attached hydrogens (primary N) is 1. The number of benzene rings is 2. The molecule has 0 fully saturated rings. The molecular formula is C15H18N2O3S. The van der Waals surface area contributed by atoms with E-state index in [4.69, 9.17) is 10.5 Å². The highest BCUT2D eigenvalue weighted by Gasteiger charge is 2.20. The van der Waals surface area contributed by atoms with E-state index in [-0.39, 0.29) is 4.90 Å². The Morgan fingerprint density at radius 2 is 1.86 bits per heavy atom. The van der Waals surface area contributed by atoms with Gasteiger partial charge in [-0.1, -0.05) is 24.3 Å². The zero-order valence-corrected chi connectivity index (χ0v) is 12.7. The van der Waals surface area contributed by atoms with E-state index in [1.165, 1.54) is 12.1 Å². The number of hydrogen-bond acceptors (Lipinski definition) is 4. The number of rotatable bonds is 5. The van der Waals surface area contributed by atoms with Crippen LogP contribution in [0.5, 0.6) is 5.75 Å². The van der Waals surface area contributed by atoms with E-state index in [9.17, 15) is 8.42 Å². The highest BCUT2D eigenvalue weighted by atomic mass is 32.2. The van der Waals surface area contributed by atoms with Gasteiger partial charge in [-0.2, -0.15) is 0 Å². The van der Waals surface area contributed by atoms with Crippen LogP contribution in [-0.2, 0) is 10.0 Å². The van der Waals surface area contributed by atoms with Crippen molar-refractivity contribution in [3.8, 4) is 5.75 Å². The SMILES string of the molecule is COc1ccccc1C(C)NS(=O)(=O)c1cccc(N)c1. The largest absolute Gasteiger partial charge is 0.496 e. The number of para-hydroxylation sites is 1. The summed E-state index contributed by atoms with van der Waals surface area (Å²) in [5.41, 5.74) is 6.81. The Labute approximate surface area is 124 Å². The van der Waals surface area contributed by atoms with Crippen LogP contribution in [0.25, 0.3) is 0 Å². The molecule has 3 N–H and O–H groups in total. The molecule has 0 amide bonds. The number of nitrogens with one attached hydrogen (secondary N) is 1. The summed E-state index contributed by atoms with van der Waals surface area (Å²) in [5, 5.41) is 0. The monoisotopic (exact) mass is 306 g/mol. The minimum absolute atomic E-state index is 0.143. The van der Waals surface area contributed by atoms with E-state index >= 15 is 0 Å². The molecule has 0 aromatic heterocycles. The second-order valence-electron chi connectivity index (χ2n) is 4.66. The Bertz CT molecular complexity index is 729. The Morgan fingerprint density at radius 1 is 1.14 bits per heavy atom. The maximum atomic E-state index is 12.4. The molecule has 0 aliphatic heterocycles. The molecule has 112 valence electrons. The molecule has 0 aliphatic carbocycles. The molecule has 0 bridgehead atoms. The lowest BCUT2D eigenvalue weighted by Gasteiger charge is -2.17. The van der Waals surface area contributed by atoms with Gasteiger partial charge in [0.15, 0.2) is 0 Å². The molecule has 1 atom stereocenters. The predicted molar refractivity (Wildman–Crippen MR) is 82.6 cm³/mol. The van der Waals surface area contributed by atoms with Gasteiger partial charge in [-0.25, -0.2) is 13.1 Å². The minimum Gasteiger partial charge on any atom is -0.496 e. The van der Waals surface area contributed by atoms with Crippen LogP contribution in [0.2, 0.25) is 0 Å². The summed E-state index contributed by atoms with van der Waals surface area (Å²) in [4.78, 5) is 0.143. The fourth-order valence-electron chi connectivity index (χ4n) is 2.07. The molecule has 2 rings (SSSR count). The molecule has 0 saturated heterocycles. The first kappa shape index (κ1) is 15.3. The average Bonchev–Trinajstić information content (AvgIpc) is 2.46. The first-order chi connectivity index (χ1) is 9.94. The van der Waals surface area contributed by atoms with Crippen LogP contribution in [0, 0.1) is 0 Å². The van der Waals surface area contributed by atoms with E-state index in [0.29, 0.717) is 11.4 Å². The summed E-state index contributed by atoms with van der Waals surface area (Å²) in [6.45, 7) is 1.77. The Morgan fingerprint density at radius 3 is 2.52 bits per heavy atom. The molecular weight excluding hydrogens is 288 g/mol. The molecule has 6 heteroatoms. The van der Waals surface area contributed by atoms with Gasteiger partial charge in [0.1, 0.15) is 5.75 Å². The summed E-state index contributed by atoms with van der Waals surface area (Å²) in [6.07, 6.45) is 0. The van der Waals surface area contributed by atoms with Crippen LogP contribution >= 0.6 is 0 Å².